The van der Waals surface area contributed by atoms with Gasteiger partial charge in [0.2, 0.25) is 0 Å². The minimum atomic E-state index is -0.728. The summed E-state index contributed by atoms with van der Waals surface area (Å²) in [4.78, 5) is 27.1. The SMILES string of the molecule is Cc1csc(NC(=O)COC(=O)/C=C/c2ccccc2F)n1. The number of rotatable bonds is 5. The maximum absolute atomic E-state index is 13.3. The number of nitrogens with zero attached hydrogens (tertiary/aromatic N) is 1. The largest absolute Gasteiger partial charge is 0.452 e. The van der Waals surface area contributed by atoms with Gasteiger partial charge in [0.05, 0.1) is 5.69 Å². The van der Waals surface area contributed by atoms with Crippen molar-refractivity contribution in [2.75, 3.05) is 11.9 Å². The monoisotopic (exact) mass is 320 g/mol. The van der Waals surface area contributed by atoms with E-state index in [1.165, 1.54) is 29.5 Å². The fraction of sp³-hybridized carbons (Fsp3) is 0.133. The zero-order valence-corrected chi connectivity index (χ0v) is 12.5. The summed E-state index contributed by atoms with van der Waals surface area (Å²) in [6.07, 6.45) is 2.36. The summed E-state index contributed by atoms with van der Waals surface area (Å²) >= 11 is 1.28. The van der Waals surface area contributed by atoms with Crippen LogP contribution in [-0.4, -0.2) is 23.5 Å². The Morgan fingerprint density at radius 1 is 1.41 bits per heavy atom. The summed E-state index contributed by atoms with van der Waals surface area (Å²) < 4.78 is 18.1. The second-order valence-electron chi connectivity index (χ2n) is 4.30. The quantitative estimate of drug-likeness (QED) is 0.679. The summed E-state index contributed by atoms with van der Waals surface area (Å²) in [5.41, 5.74) is 1.06. The fourth-order valence-electron chi connectivity index (χ4n) is 1.52. The van der Waals surface area contributed by atoms with Crippen molar-refractivity contribution >= 4 is 34.4 Å². The molecule has 1 aromatic carbocycles. The van der Waals surface area contributed by atoms with Crippen LogP contribution in [0.15, 0.2) is 35.7 Å². The fourth-order valence-corrected chi connectivity index (χ4v) is 2.22. The van der Waals surface area contributed by atoms with E-state index in [9.17, 15) is 14.0 Å². The lowest BCUT2D eigenvalue weighted by Crippen LogP contribution is -2.20. The second kappa shape index (κ2) is 7.46. The van der Waals surface area contributed by atoms with Crippen molar-refractivity contribution in [2.24, 2.45) is 0 Å². The Morgan fingerprint density at radius 2 is 2.18 bits per heavy atom. The molecular formula is C15H13FN2O3S. The van der Waals surface area contributed by atoms with E-state index >= 15 is 0 Å². The van der Waals surface area contributed by atoms with Crippen molar-refractivity contribution in [1.82, 2.24) is 4.98 Å². The number of nitrogens with one attached hydrogen (secondary N) is 1. The molecule has 22 heavy (non-hydrogen) atoms. The number of carbonyl (C=O) groups is 2. The molecule has 0 bridgehead atoms. The molecule has 0 aliphatic heterocycles. The van der Waals surface area contributed by atoms with Crippen LogP contribution in [0.2, 0.25) is 0 Å². The van der Waals surface area contributed by atoms with Gasteiger partial charge in [0.1, 0.15) is 5.82 Å². The van der Waals surface area contributed by atoms with Crippen LogP contribution in [0, 0.1) is 12.7 Å². The Balaban J connectivity index is 1.80. The van der Waals surface area contributed by atoms with Gasteiger partial charge in [-0.15, -0.1) is 11.3 Å². The summed E-state index contributed by atoms with van der Waals surface area (Å²) in [7, 11) is 0. The highest BCUT2D eigenvalue weighted by Gasteiger charge is 2.08. The highest BCUT2D eigenvalue weighted by molar-refractivity contribution is 7.13. The zero-order chi connectivity index (χ0) is 15.9. The Hall–Kier alpha value is -2.54. The Kier molecular flexibility index (Phi) is 5.37. The van der Waals surface area contributed by atoms with Crippen molar-refractivity contribution < 1.29 is 18.7 Å². The average Bonchev–Trinajstić information content (AvgIpc) is 2.89. The number of anilines is 1. The van der Waals surface area contributed by atoms with E-state index in [0.29, 0.717) is 5.13 Å². The van der Waals surface area contributed by atoms with Gasteiger partial charge >= 0.3 is 5.97 Å². The number of benzene rings is 1. The molecule has 0 aliphatic rings. The molecule has 2 aromatic rings. The van der Waals surface area contributed by atoms with Crippen molar-refractivity contribution in [1.29, 1.82) is 0 Å². The zero-order valence-electron chi connectivity index (χ0n) is 11.7. The molecule has 0 saturated heterocycles. The minimum Gasteiger partial charge on any atom is -0.452 e. The average molecular weight is 320 g/mol. The van der Waals surface area contributed by atoms with Crippen LogP contribution in [0.25, 0.3) is 6.08 Å². The van der Waals surface area contributed by atoms with Crippen molar-refractivity contribution in [3.63, 3.8) is 0 Å². The molecule has 0 saturated carbocycles. The summed E-state index contributed by atoms with van der Waals surface area (Å²) in [5.74, 6) is -1.65. The number of aryl methyl sites for hydroxylation is 1. The van der Waals surface area contributed by atoms with Crippen molar-refractivity contribution in [3.8, 4) is 0 Å². The summed E-state index contributed by atoms with van der Waals surface area (Å²) in [6, 6.07) is 6.01. The van der Waals surface area contributed by atoms with E-state index in [1.807, 2.05) is 0 Å². The Labute approximate surface area is 130 Å². The van der Waals surface area contributed by atoms with Crippen molar-refractivity contribution in [2.45, 2.75) is 6.92 Å². The number of amides is 1. The van der Waals surface area contributed by atoms with Gasteiger partial charge < -0.3 is 4.74 Å². The second-order valence-corrected chi connectivity index (χ2v) is 5.16. The van der Waals surface area contributed by atoms with E-state index in [0.717, 1.165) is 11.8 Å². The topological polar surface area (TPSA) is 68.3 Å². The molecular weight excluding hydrogens is 307 g/mol. The van der Waals surface area contributed by atoms with Crippen LogP contribution < -0.4 is 5.32 Å². The molecule has 0 spiro atoms. The number of thiazole rings is 1. The molecule has 0 aliphatic carbocycles. The molecule has 5 nitrogen and oxygen atoms in total. The number of esters is 1. The molecule has 1 N–H and O–H groups in total. The molecule has 0 atom stereocenters. The van der Waals surface area contributed by atoms with E-state index in [4.69, 9.17) is 4.74 Å². The Bertz CT molecular complexity index is 712. The molecule has 0 fully saturated rings. The maximum atomic E-state index is 13.3. The number of ether oxygens (including phenoxy) is 1. The smallest absolute Gasteiger partial charge is 0.331 e. The molecule has 7 heteroatoms. The molecule has 0 radical (unpaired) electrons. The van der Waals surface area contributed by atoms with Gasteiger partial charge in [-0.3, -0.25) is 10.1 Å². The maximum Gasteiger partial charge on any atom is 0.331 e. The number of carbonyl (C=O) groups excluding carboxylic acids is 2. The van der Waals surface area contributed by atoms with Gasteiger partial charge in [0, 0.05) is 17.0 Å². The normalized spacial score (nSPS) is 10.6. The lowest BCUT2D eigenvalue weighted by molar-refractivity contribution is -0.142. The van der Waals surface area contributed by atoms with E-state index < -0.39 is 24.3 Å². The predicted molar refractivity (Wildman–Crippen MR) is 81.9 cm³/mol. The molecule has 0 unspecified atom stereocenters. The summed E-state index contributed by atoms with van der Waals surface area (Å²) in [5, 5.41) is 4.74. The third-order valence-electron chi connectivity index (χ3n) is 2.52. The van der Waals surface area contributed by atoms with Crippen LogP contribution in [-0.2, 0) is 14.3 Å². The summed E-state index contributed by atoms with van der Waals surface area (Å²) in [6.45, 7) is 1.37. The standard InChI is InChI=1S/C15H13FN2O3S/c1-10-9-22-15(17-10)18-13(19)8-21-14(20)7-6-11-4-2-3-5-12(11)16/h2-7,9H,8H2,1H3,(H,17,18,19)/b7-6+. The minimum absolute atomic E-state index is 0.266. The lowest BCUT2D eigenvalue weighted by Gasteiger charge is -2.02. The Morgan fingerprint density at radius 3 is 2.86 bits per heavy atom. The van der Waals surface area contributed by atoms with E-state index in [1.54, 1.807) is 24.4 Å². The number of aromatic nitrogens is 1. The van der Waals surface area contributed by atoms with Crippen molar-refractivity contribution in [3.05, 3.63) is 52.8 Å². The molecule has 1 amide bonds. The number of hydrogen-bond acceptors (Lipinski definition) is 5. The molecule has 1 heterocycles. The van der Waals surface area contributed by atoms with Crippen LogP contribution in [0.5, 0.6) is 0 Å². The highest BCUT2D eigenvalue weighted by Crippen LogP contribution is 2.14. The first-order chi connectivity index (χ1) is 10.5. The predicted octanol–water partition coefficient (Wildman–Crippen LogP) is 2.79. The highest BCUT2D eigenvalue weighted by atomic mass is 32.1. The first-order valence-corrected chi connectivity index (χ1v) is 7.24. The van der Waals surface area contributed by atoms with Gasteiger partial charge in [-0.2, -0.15) is 0 Å². The van der Waals surface area contributed by atoms with E-state index in [2.05, 4.69) is 10.3 Å². The van der Waals surface area contributed by atoms with Gasteiger partial charge in [-0.05, 0) is 19.1 Å². The molecule has 1 aromatic heterocycles. The van der Waals surface area contributed by atoms with Crippen LogP contribution in [0.4, 0.5) is 9.52 Å². The lowest BCUT2D eigenvalue weighted by atomic mass is 10.2. The molecule has 2 rings (SSSR count). The first-order valence-electron chi connectivity index (χ1n) is 6.36. The van der Waals surface area contributed by atoms with E-state index in [-0.39, 0.29) is 5.56 Å². The first kappa shape index (κ1) is 15.8. The van der Waals surface area contributed by atoms with Crippen LogP contribution in [0.1, 0.15) is 11.3 Å². The third kappa shape index (κ3) is 4.78. The number of halogens is 1. The van der Waals surface area contributed by atoms with Gasteiger partial charge in [-0.1, -0.05) is 18.2 Å². The number of hydrogen-bond donors (Lipinski definition) is 1. The van der Waals surface area contributed by atoms with Gasteiger partial charge in [-0.25, -0.2) is 14.2 Å². The molecule has 114 valence electrons. The van der Waals surface area contributed by atoms with Gasteiger partial charge in [0.15, 0.2) is 11.7 Å². The van der Waals surface area contributed by atoms with Crippen LogP contribution in [0.3, 0.4) is 0 Å². The van der Waals surface area contributed by atoms with Gasteiger partial charge in [0.25, 0.3) is 5.91 Å². The van der Waals surface area contributed by atoms with Crippen LogP contribution >= 0.6 is 11.3 Å². The third-order valence-corrected chi connectivity index (χ3v) is 3.39.